The lowest BCUT2D eigenvalue weighted by molar-refractivity contribution is -0.322. The average molecular weight is 188 g/mol. The van der Waals surface area contributed by atoms with E-state index in [0.717, 1.165) is 0 Å². The van der Waals surface area contributed by atoms with E-state index in [2.05, 4.69) is 0 Å². The van der Waals surface area contributed by atoms with E-state index in [1.54, 1.807) is 6.92 Å². The summed E-state index contributed by atoms with van der Waals surface area (Å²) in [6, 6.07) is 0. The van der Waals surface area contributed by atoms with E-state index in [-0.39, 0.29) is 12.4 Å². The molecule has 0 aromatic carbocycles. The van der Waals surface area contributed by atoms with Gasteiger partial charge in [0.05, 0.1) is 12.7 Å². The monoisotopic (exact) mass is 188 g/mol. The lowest BCUT2D eigenvalue weighted by Crippen LogP contribution is -2.45. The maximum atomic E-state index is 10.6. The highest BCUT2D eigenvalue weighted by atomic mass is 16.8. The van der Waals surface area contributed by atoms with Gasteiger partial charge >= 0.3 is 0 Å². The zero-order chi connectivity index (χ0) is 9.90. The zero-order valence-corrected chi connectivity index (χ0v) is 8.28. The predicted molar refractivity (Wildman–Crippen MR) is 46.1 cm³/mol. The minimum Gasteiger partial charge on any atom is -0.350 e. The Balaban J connectivity index is 2.46. The summed E-state index contributed by atoms with van der Waals surface area (Å²) in [5.74, 6) is -1.13. The first-order valence-electron chi connectivity index (χ1n) is 4.49. The first-order valence-corrected chi connectivity index (χ1v) is 4.49. The van der Waals surface area contributed by atoms with E-state index in [1.807, 2.05) is 13.8 Å². The molecule has 0 radical (unpaired) electrons. The summed E-state index contributed by atoms with van der Waals surface area (Å²) in [7, 11) is 0. The zero-order valence-electron chi connectivity index (χ0n) is 8.28. The van der Waals surface area contributed by atoms with Crippen LogP contribution in [0.1, 0.15) is 27.2 Å². The molecule has 13 heavy (non-hydrogen) atoms. The molecule has 1 fully saturated rings. The number of ether oxygens (including phenoxy) is 3. The van der Waals surface area contributed by atoms with Gasteiger partial charge in [0, 0.05) is 6.42 Å². The van der Waals surface area contributed by atoms with Crippen LogP contribution in [-0.2, 0) is 19.0 Å². The Morgan fingerprint density at radius 2 is 2.31 bits per heavy atom. The van der Waals surface area contributed by atoms with Crippen molar-refractivity contribution >= 4 is 6.29 Å². The number of hydrogen-bond donors (Lipinski definition) is 0. The maximum absolute atomic E-state index is 10.6. The third-order valence-corrected chi connectivity index (χ3v) is 1.75. The van der Waals surface area contributed by atoms with Crippen LogP contribution in [0.2, 0.25) is 0 Å². The lowest BCUT2D eigenvalue weighted by atomic mass is 10.3. The Morgan fingerprint density at radius 1 is 1.62 bits per heavy atom. The topological polar surface area (TPSA) is 44.8 Å². The van der Waals surface area contributed by atoms with Crippen molar-refractivity contribution in [3.05, 3.63) is 0 Å². The summed E-state index contributed by atoms with van der Waals surface area (Å²) in [5.41, 5.74) is 0. The number of carbonyl (C=O) groups excluding carboxylic acids is 1. The Morgan fingerprint density at radius 3 is 2.85 bits per heavy atom. The van der Waals surface area contributed by atoms with Gasteiger partial charge in [-0.05, 0) is 20.8 Å². The van der Waals surface area contributed by atoms with Gasteiger partial charge < -0.3 is 14.2 Å². The number of rotatable bonds is 3. The molecule has 2 atom stereocenters. The minimum absolute atomic E-state index is 0.0963. The van der Waals surface area contributed by atoms with Gasteiger partial charge in [-0.2, -0.15) is 0 Å². The molecule has 1 aliphatic rings. The largest absolute Gasteiger partial charge is 0.350 e. The van der Waals surface area contributed by atoms with Crippen LogP contribution in [0.3, 0.4) is 0 Å². The number of carbonyl (C=O) groups is 1. The molecule has 2 unspecified atom stereocenters. The van der Waals surface area contributed by atoms with Crippen molar-refractivity contribution in [2.75, 3.05) is 6.61 Å². The van der Waals surface area contributed by atoms with Crippen LogP contribution in [0, 0.1) is 0 Å². The van der Waals surface area contributed by atoms with E-state index in [4.69, 9.17) is 14.2 Å². The molecular formula is C9H16O4. The number of hydrogen-bond acceptors (Lipinski definition) is 4. The van der Waals surface area contributed by atoms with Gasteiger partial charge in [-0.1, -0.05) is 0 Å². The Hall–Kier alpha value is -0.450. The minimum atomic E-state index is -1.13. The molecule has 1 rings (SSSR count). The fourth-order valence-electron chi connectivity index (χ4n) is 1.17. The SMILES string of the molecule is CC(C)OC1CCOC(C)(C=O)O1. The summed E-state index contributed by atoms with van der Waals surface area (Å²) in [6.07, 6.45) is 1.09. The molecule has 76 valence electrons. The molecule has 0 N–H and O–H groups in total. The molecule has 0 aromatic heterocycles. The van der Waals surface area contributed by atoms with Crippen molar-refractivity contribution in [3.8, 4) is 0 Å². The van der Waals surface area contributed by atoms with Crippen LogP contribution in [-0.4, -0.2) is 31.1 Å². The third kappa shape index (κ3) is 3.06. The van der Waals surface area contributed by atoms with Gasteiger partial charge in [0.25, 0.3) is 0 Å². The van der Waals surface area contributed by atoms with Crippen molar-refractivity contribution in [3.63, 3.8) is 0 Å². The van der Waals surface area contributed by atoms with E-state index < -0.39 is 5.79 Å². The Kier molecular flexibility index (Phi) is 3.41. The van der Waals surface area contributed by atoms with Gasteiger partial charge in [0.2, 0.25) is 5.79 Å². The quantitative estimate of drug-likeness (QED) is 0.622. The summed E-state index contributed by atoms with van der Waals surface area (Å²) in [4.78, 5) is 10.6. The van der Waals surface area contributed by atoms with E-state index in [1.165, 1.54) is 0 Å². The van der Waals surface area contributed by atoms with Crippen LogP contribution in [0.25, 0.3) is 0 Å². The average Bonchev–Trinajstić information content (AvgIpc) is 2.03. The van der Waals surface area contributed by atoms with E-state index in [0.29, 0.717) is 19.3 Å². The highest BCUT2D eigenvalue weighted by Gasteiger charge is 2.34. The fourth-order valence-corrected chi connectivity index (χ4v) is 1.17. The normalized spacial score (nSPS) is 34.9. The molecule has 4 heteroatoms. The summed E-state index contributed by atoms with van der Waals surface area (Å²) < 4.78 is 15.9. The molecule has 1 saturated heterocycles. The first kappa shape index (κ1) is 10.6. The number of aldehydes is 1. The van der Waals surface area contributed by atoms with Gasteiger partial charge in [-0.25, -0.2) is 0 Å². The van der Waals surface area contributed by atoms with Crippen LogP contribution in [0.15, 0.2) is 0 Å². The van der Waals surface area contributed by atoms with Gasteiger partial charge in [0.1, 0.15) is 0 Å². The summed E-state index contributed by atoms with van der Waals surface area (Å²) in [5, 5.41) is 0. The molecule has 0 bridgehead atoms. The molecular weight excluding hydrogens is 172 g/mol. The van der Waals surface area contributed by atoms with Crippen molar-refractivity contribution in [2.45, 2.75) is 45.4 Å². The Labute approximate surface area is 78.2 Å². The van der Waals surface area contributed by atoms with Crippen LogP contribution in [0.4, 0.5) is 0 Å². The van der Waals surface area contributed by atoms with Gasteiger partial charge in [0.15, 0.2) is 12.6 Å². The molecule has 0 saturated carbocycles. The van der Waals surface area contributed by atoms with Crippen molar-refractivity contribution < 1.29 is 19.0 Å². The van der Waals surface area contributed by atoms with Crippen LogP contribution in [0.5, 0.6) is 0 Å². The van der Waals surface area contributed by atoms with E-state index in [9.17, 15) is 4.79 Å². The molecule has 1 heterocycles. The molecule has 4 nitrogen and oxygen atoms in total. The second-order valence-electron chi connectivity index (χ2n) is 3.50. The van der Waals surface area contributed by atoms with Crippen LogP contribution < -0.4 is 0 Å². The fraction of sp³-hybridized carbons (Fsp3) is 0.889. The van der Waals surface area contributed by atoms with Crippen LogP contribution >= 0.6 is 0 Å². The molecule has 1 aliphatic heterocycles. The third-order valence-electron chi connectivity index (χ3n) is 1.75. The summed E-state index contributed by atoms with van der Waals surface area (Å²) in [6.45, 7) is 5.94. The van der Waals surface area contributed by atoms with Gasteiger partial charge in [-0.3, -0.25) is 4.79 Å². The standard InChI is InChI=1S/C9H16O4/c1-7(2)12-8-4-5-11-9(3,6-10)13-8/h6-8H,4-5H2,1-3H3. The second kappa shape index (κ2) is 4.17. The molecule has 0 aliphatic carbocycles. The summed E-state index contributed by atoms with van der Waals surface area (Å²) >= 11 is 0. The molecule has 0 aromatic rings. The molecule has 0 spiro atoms. The Bertz CT molecular complexity index is 180. The highest BCUT2D eigenvalue weighted by Crippen LogP contribution is 2.22. The second-order valence-corrected chi connectivity index (χ2v) is 3.50. The van der Waals surface area contributed by atoms with Crippen molar-refractivity contribution in [2.24, 2.45) is 0 Å². The maximum Gasteiger partial charge on any atom is 0.225 e. The van der Waals surface area contributed by atoms with Crippen molar-refractivity contribution in [1.82, 2.24) is 0 Å². The first-order chi connectivity index (χ1) is 6.06. The lowest BCUT2D eigenvalue weighted by Gasteiger charge is -2.35. The predicted octanol–water partition coefficient (Wildman–Crippen LogP) is 1.09. The molecule has 0 amide bonds. The smallest absolute Gasteiger partial charge is 0.225 e. The van der Waals surface area contributed by atoms with Crippen molar-refractivity contribution in [1.29, 1.82) is 0 Å². The highest BCUT2D eigenvalue weighted by molar-refractivity contribution is 5.59. The van der Waals surface area contributed by atoms with Gasteiger partial charge in [-0.15, -0.1) is 0 Å². The van der Waals surface area contributed by atoms with E-state index >= 15 is 0 Å².